The third-order valence-electron chi connectivity index (χ3n) is 5.07. The number of carbonyl (C=O) groups excluding carboxylic acids is 1. The van der Waals surface area contributed by atoms with Crippen molar-refractivity contribution in [1.29, 1.82) is 0 Å². The molecule has 0 N–H and O–H groups in total. The van der Waals surface area contributed by atoms with Crippen molar-refractivity contribution >= 4 is 27.3 Å². The van der Waals surface area contributed by atoms with Crippen LogP contribution >= 0.6 is 11.3 Å². The summed E-state index contributed by atoms with van der Waals surface area (Å²) in [5, 5.41) is 1.17. The Labute approximate surface area is 127 Å². The monoisotopic (exact) mass is 296 g/mol. The number of allylic oxidation sites excluding steroid dienone is 1. The topological polar surface area (TPSA) is 23.6 Å². The first-order chi connectivity index (χ1) is 10.3. The molecule has 4 heteroatoms. The van der Waals surface area contributed by atoms with Crippen LogP contribution in [0.4, 0.5) is 0 Å². The molecule has 0 radical (unpaired) electrons. The summed E-state index contributed by atoms with van der Waals surface area (Å²) in [5.74, 6) is 1.46. The number of benzene rings is 1. The van der Waals surface area contributed by atoms with Crippen molar-refractivity contribution in [3.05, 3.63) is 47.1 Å². The van der Waals surface area contributed by atoms with Crippen molar-refractivity contribution in [3.63, 3.8) is 0 Å². The molecule has 2 fully saturated rings. The Hall–Kier alpha value is -1.81. The van der Waals surface area contributed by atoms with Gasteiger partial charge in [-0.15, -0.1) is 11.3 Å². The first-order valence-corrected chi connectivity index (χ1v) is 8.37. The molecule has 5 heterocycles. The Bertz CT molecular complexity index is 745. The van der Waals surface area contributed by atoms with Crippen LogP contribution < -0.4 is 0 Å². The summed E-state index contributed by atoms with van der Waals surface area (Å²) in [7, 11) is 0. The predicted molar refractivity (Wildman–Crippen MR) is 84.1 cm³/mol. The zero-order valence-electron chi connectivity index (χ0n) is 11.7. The number of piperidine rings is 1. The molecule has 4 bridgehead atoms. The Kier molecular flexibility index (Phi) is 2.31. The van der Waals surface area contributed by atoms with E-state index in [0.29, 0.717) is 11.8 Å². The van der Waals surface area contributed by atoms with Gasteiger partial charge in [0.05, 0.1) is 4.88 Å². The van der Waals surface area contributed by atoms with E-state index in [1.165, 1.54) is 22.2 Å². The molecule has 0 saturated carbocycles. The van der Waals surface area contributed by atoms with E-state index in [9.17, 15) is 4.79 Å². The molecule has 21 heavy (non-hydrogen) atoms. The van der Waals surface area contributed by atoms with E-state index in [0.717, 1.165) is 24.5 Å². The maximum Gasteiger partial charge on any atom is 0.268 e. The van der Waals surface area contributed by atoms with Gasteiger partial charge < -0.3 is 9.80 Å². The number of amides is 1. The Morgan fingerprint density at radius 1 is 1.24 bits per heavy atom. The molecule has 3 nitrogen and oxygen atoms in total. The van der Waals surface area contributed by atoms with E-state index >= 15 is 0 Å². The van der Waals surface area contributed by atoms with Crippen molar-refractivity contribution in [2.75, 3.05) is 19.6 Å². The maximum atomic E-state index is 12.9. The fourth-order valence-electron chi connectivity index (χ4n) is 4.06. The SMILES string of the molecule is O=C(c1cc2ccccc2s1)N1C[C@@H]2CN3C=C1[C@H]2CC3. The third kappa shape index (κ3) is 1.62. The normalized spacial score (nSPS) is 26.6. The van der Waals surface area contributed by atoms with Crippen molar-refractivity contribution in [3.8, 4) is 0 Å². The van der Waals surface area contributed by atoms with Gasteiger partial charge in [-0.2, -0.15) is 0 Å². The summed E-state index contributed by atoms with van der Waals surface area (Å²) < 4.78 is 1.20. The minimum Gasteiger partial charge on any atom is -0.376 e. The van der Waals surface area contributed by atoms with Crippen LogP contribution in [0.5, 0.6) is 0 Å². The summed E-state index contributed by atoms with van der Waals surface area (Å²) in [6, 6.07) is 10.3. The molecule has 0 aliphatic carbocycles. The lowest BCUT2D eigenvalue weighted by molar-refractivity contribution is 0.0825. The second kappa shape index (κ2) is 4.10. The molecule has 1 amide bonds. The fourth-order valence-corrected chi connectivity index (χ4v) is 5.08. The molecule has 2 aromatic rings. The molecule has 1 aromatic carbocycles. The van der Waals surface area contributed by atoms with E-state index in [2.05, 4.69) is 23.2 Å². The molecule has 0 unspecified atom stereocenters. The number of hydrogen-bond acceptors (Lipinski definition) is 3. The molecule has 2 atom stereocenters. The van der Waals surface area contributed by atoms with Gasteiger partial charge in [-0.25, -0.2) is 0 Å². The molecule has 2 saturated heterocycles. The van der Waals surface area contributed by atoms with Gasteiger partial charge in [0.2, 0.25) is 0 Å². The molecule has 0 spiro atoms. The molecule has 1 aromatic heterocycles. The minimum atomic E-state index is 0.193. The zero-order valence-corrected chi connectivity index (χ0v) is 12.5. The van der Waals surface area contributed by atoms with Gasteiger partial charge in [0.15, 0.2) is 0 Å². The van der Waals surface area contributed by atoms with Crippen LogP contribution in [0.15, 0.2) is 42.2 Å². The number of nitrogens with zero attached hydrogens (tertiary/aromatic N) is 2. The number of hydrogen-bond donors (Lipinski definition) is 0. The number of likely N-dealkylation sites (tertiary alicyclic amines) is 1. The minimum absolute atomic E-state index is 0.193. The average molecular weight is 296 g/mol. The highest BCUT2D eigenvalue weighted by molar-refractivity contribution is 7.20. The van der Waals surface area contributed by atoms with Crippen molar-refractivity contribution in [1.82, 2.24) is 9.80 Å². The molecule has 106 valence electrons. The van der Waals surface area contributed by atoms with E-state index < -0.39 is 0 Å². The molecular weight excluding hydrogens is 280 g/mol. The van der Waals surface area contributed by atoms with E-state index in [-0.39, 0.29) is 5.91 Å². The van der Waals surface area contributed by atoms with Gasteiger partial charge in [-0.3, -0.25) is 4.79 Å². The average Bonchev–Trinajstić information content (AvgIpc) is 3.06. The highest BCUT2D eigenvalue weighted by atomic mass is 32.1. The quantitative estimate of drug-likeness (QED) is 0.807. The van der Waals surface area contributed by atoms with Crippen LogP contribution in [0.1, 0.15) is 16.1 Å². The lowest BCUT2D eigenvalue weighted by Gasteiger charge is -2.39. The van der Waals surface area contributed by atoms with Gasteiger partial charge in [-0.05, 0) is 23.9 Å². The van der Waals surface area contributed by atoms with Crippen LogP contribution in [0.3, 0.4) is 0 Å². The summed E-state index contributed by atoms with van der Waals surface area (Å²) in [6.07, 6.45) is 3.44. The van der Waals surface area contributed by atoms with Crippen LogP contribution in [-0.4, -0.2) is 35.3 Å². The van der Waals surface area contributed by atoms with Gasteiger partial charge in [0.25, 0.3) is 5.91 Å². The van der Waals surface area contributed by atoms with Crippen molar-refractivity contribution in [2.24, 2.45) is 11.8 Å². The number of thiophene rings is 1. The van der Waals surface area contributed by atoms with Crippen LogP contribution in [0.25, 0.3) is 10.1 Å². The van der Waals surface area contributed by atoms with Crippen molar-refractivity contribution in [2.45, 2.75) is 6.42 Å². The standard InChI is InChI=1S/C17H16N2OS/c20-17(16-7-11-3-1-2-4-15(11)21-16)19-9-12-8-18-6-5-13(12)14(19)10-18/h1-4,7,10,12-13H,5-6,8-9H2/t12-,13-/m0/s1. The lowest BCUT2D eigenvalue weighted by Crippen LogP contribution is -2.40. The molecular formula is C17H16N2OS. The summed E-state index contributed by atoms with van der Waals surface area (Å²) in [6.45, 7) is 3.19. The number of rotatable bonds is 1. The number of carbonyl (C=O) groups is 1. The Balaban J connectivity index is 1.53. The Morgan fingerprint density at radius 3 is 2.95 bits per heavy atom. The van der Waals surface area contributed by atoms with E-state index in [1.54, 1.807) is 11.3 Å². The third-order valence-corrected chi connectivity index (χ3v) is 6.17. The highest BCUT2D eigenvalue weighted by Crippen LogP contribution is 2.44. The second-order valence-corrected chi connectivity index (χ2v) is 7.35. The largest absolute Gasteiger partial charge is 0.376 e. The van der Waals surface area contributed by atoms with Crippen molar-refractivity contribution < 1.29 is 4.79 Å². The first kappa shape index (κ1) is 11.8. The van der Waals surface area contributed by atoms with Gasteiger partial charge in [-0.1, -0.05) is 18.2 Å². The predicted octanol–water partition coefficient (Wildman–Crippen LogP) is 3.15. The summed E-state index contributed by atoms with van der Waals surface area (Å²) >= 11 is 1.61. The Morgan fingerprint density at radius 2 is 2.14 bits per heavy atom. The van der Waals surface area contributed by atoms with Crippen LogP contribution in [0.2, 0.25) is 0 Å². The highest BCUT2D eigenvalue weighted by Gasteiger charge is 2.46. The molecule has 4 aliphatic rings. The lowest BCUT2D eigenvalue weighted by atomic mass is 9.84. The van der Waals surface area contributed by atoms with Gasteiger partial charge >= 0.3 is 0 Å². The summed E-state index contributed by atoms with van der Waals surface area (Å²) in [4.78, 5) is 18.2. The zero-order chi connectivity index (χ0) is 14.0. The summed E-state index contributed by atoms with van der Waals surface area (Å²) in [5.41, 5.74) is 1.26. The smallest absolute Gasteiger partial charge is 0.268 e. The van der Waals surface area contributed by atoms with Crippen LogP contribution in [0, 0.1) is 11.8 Å². The molecule has 4 aliphatic heterocycles. The fraction of sp³-hybridized carbons (Fsp3) is 0.353. The van der Waals surface area contributed by atoms with E-state index in [4.69, 9.17) is 0 Å². The number of fused-ring (bicyclic) bond motifs is 2. The maximum absolute atomic E-state index is 12.9. The molecule has 6 rings (SSSR count). The first-order valence-electron chi connectivity index (χ1n) is 7.56. The second-order valence-electron chi connectivity index (χ2n) is 6.27. The van der Waals surface area contributed by atoms with Gasteiger partial charge in [0.1, 0.15) is 0 Å². The van der Waals surface area contributed by atoms with E-state index in [1.807, 2.05) is 23.1 Å². The van der Waals surface area contributed by atoms with Gasteiger partial charge in [0, 0.05) is 48.1 Å². The van der Waals surface area contributed by atoms with Crippen LogP contribution in [-0.2, 0) is 0 Å².